The summed E-state index contributed by atoms with van der Waals surface area (Å²) in [4.78, 5) is 18.5. The molecule has 2 N–H and O–H groups in total. The highest BCUT2D eigenvalue weighted by atomic mass is 32.1. The van der Waals surface area contributed by atoms with Gasteiger partial charge in [-0.1, -0.05) is 18.2 Å². The number of anilines is 1. The molecule has 0 bridgehead atoms. The molecule has 182 valence electrons. The zero-order valence-electron chi connectivity index (χ0n) is 20.7. The van der Waals surface area contributed by atoms with Crippen LogP contribution in [0.5, 0.6) is 0 Å². The minimum atomic E-state index is -0.943. The number of aromatic carboxylic acids is 1. The molecule has 36 heavy (non-hydrogen) atoms. The van der Waals surface area contributed by atoms with Crippen LogP contribution < -0.4 is 10.2 Å². The van der Waals surface area contributed by atoms with Gasteiger partial charge < -0.3 is 19.9 Å². The number of nitrogens with one attached hydrogen (secondary N) is 1. The van der Waals surface area contributed by atoms with Gasteiger partial charge in [0.05, 0.1) is 23.3 Å². The third-order valence-electron chi connectivity index (χ3n) is 6.72. The van der Waals surface area contributed by atoms with Gasteiger partial charge in [0, 0.05) is 29.0 Å². The van der Waals surface area contributed by atoms with E-state index in [1.165, 1.54) is 11.1 Å². The Kier molecular flexibility index (Phi) is 6.10. The quantitative estimate of drug-likeness (QED) is 0.331. The number of hydrogen-bond acceptors (Lipinski definition) is 3. The molecule has 2 aromatic heterocycles. The molecule has 1 fully saturated rings. The van der Waals surface area contributed by atoms with Gasteiger partial charge in [0.2, 0.25) is 0 Å². The van der Waals surface area contributed by atoms with E-state index in [0.29, 0.717) is 5.11 Å². The van der Waals surface area contributed by atoms with E-state index in [1.807, 2.05) is 31.2 Å². The minimum absolute atomic E-state index is 0.142. The van der Waals surface area contributed by atoms with Crippen molar-refractivity contribution in [2.45, 2.75) is 39.8 Å². The summed E-state index contributed by atoms with van der Waals surface area (Å²) in [6, 6.07) is 21.3. The van der Waals surface area contributed by atoms with Crippen LogP contribution in [0.25, 0.3) is 5.69 Å². The summed E-state index contributed by atoms with van der Waals surface area (Å²) in [7, 11) is 0. The van der Waals surface area contributed by atoms with Crippen molar-refractivity contribution in [2.24, 2.45) is 0 Å². The highest BCUT2D eigenvalue weighted by Crippen LogP contribution is 2.44. The zero-order valence-corrected chi connectivity index (χ0v) is 21.5. The third kappa shape index (κ3) is 4.16. The summed E-state index contributed by atoms with van der Waals surface area (Å²) >= 11 is 5.90. The number of carbonyl (C=O) groups is 1. The van der Waals surface area contributed by atoms with Gasteiger partial charge in [0.25, 0.3) is 0 Å². The van der Waals surface area contributed by atoms with Crippen molar-refractivity contribution in [1.82, 2.24) is 14.9 Å². The van der Waals surface area contributed by atoms with Crippen molar-refractivity contribution in [3.8, 4) is 5.69 Å². The summed E-state index contributed by atoms with van der Waals surface area (Å²) < 4.78 is 2.11. The van der Waals surface area contributed by atoms with Crippen molar-refractivity contribution in [3.05, 3.63) is 112 Å². The maximum atomic E-state index is 11.6. The van der Waals surface area contributed by atoms with E-state index in [0.717, 1.165) is 34.0 Å². The monoisotopic (exact) mass is 496 g/mol. The summed E-state index contributed by atoms with van der Waals surface area (Å²) in [6.45, 7) is 8.30. The van der Waals surface area contributed by atoms with Crippen molar-refractivity contribution >= 4 is 29.0 Å². The molecule has 2 unspecified atom stereocenters. The first-order valence-electron chi connectivity index (χ1n) is 11.9. The number of nitrogens with zero attached hydrogens (tertiary/aromatic N) is 3. The fraction of sp³-hybridized carbons (Fsp3) is 0.207. The molecule has 2 aromatic carbocycles. The van der Waals surface area contributed by atoms with Crippen LogP contribution in [0.4, 0.5) is 5.69 Å². The molecule has 0 radical (unpaired) electrons. The van der Waals surface area contributed by atoms with Crippen LogP contribution in [-0.2, 0) is 0 Å². The smallest absolute Gasteiger partial charge is 0.335 e. The Morgan fingerprint density at radius 3 is 2.36 bits per heavy atom. The number of hydrogen-bond donors (Lipinski definition) is 2. The Morgan fingerprint density at radius 1 is 0.944 bits per heavy atom. The zero-order chi connectivity index (χ0) is 25.6. The highest BCUT2D eigenvalue weighted by molar-refractivity contribution is 7.80. The molecule has 1 aliphatic heterocycles. The summed E-state index contributed by atoms with van der Waals surface area (Å²) in [5.41, 5.74) is 8.51. The molecular formula is C29H28N4O2S. The van der Waals surface area contributed by atoms with Gasteiger partial charge >= 0.3 is 5.97 Å². The number of benzene rings is 2. The Labute approximate surface area is 216 Å². The van der Waals surface area contributed by atoms with E-state index in [-0.39, 0.29) is 17.6 Å². The van der Waals surface area contributed by atoms with E-state index < -0.39 is 5.97 Å². The van der Waals surface area contributed by atoms with Crippen molar-refractivity contribution in [1.29, 1.82) is 0 Å². The van der Waals surface area contributed by atoms with E-state index in [4.69, 9.17) is 12.2 Å². The number of aromatic nitrogens is 2. The Morgan fingerprint density at radius 2 is 1.69 bits per heavy atom. The largest absolute Gasteiger partial charge is 0.478 e. The van der Waals surface area contributed by atoms with Gasteiger partial charge in [0.15, 0.2) is 5.11 Å². The average Bonchev–Trinajstić information content (AvgIpc) is 3.34. The van der Waals surface area contributed by atoms with Crippen molar-refractivity contribution in [3.63, 3.8) is 0 Å². The van der Waals surface area contributed by atoms with Gasteiger partial charge in [-0.05, 0) is 105 Å². The normalized spacial score (nSPS) is 17.3. The molecule has 0 amide bonds. The first-order valence-corrected chi connectivity index (χ1v) is 12.3. The van der Waals surface area contributed by atoms with Gasteiger partial charge in [-0.25, -0.2) is 4.79 Å². The molecular weight excluding hydrogens is 468 g/mol. The Hall–Kier alpha value is -3.97. The fourth-order valence-corrected chi connectivity index (χ4v) is 5.65. The number of carboxylic acids is 1. The second-order valence-corrected chi connectivity index (χ2v) is 9.75. The number of pyridine rings is 1. The van der Waals surface area contributed by atoms with Crippen molar-refractivity contribution < 1.29 is 9.90 Å². The molecule has 2 atom stereocenters. The van der Waals surface area contributed by atoms with Crippen LogP contribution in [0, 0.1) is 27.7 Å². The van der Waals surface area contributed by atoms with Crippen LogP contribution in [-0.4, -0.2) is 25.7 Å². The second-order valence-electron chi connectivity index (χ2n) is 9.36. The predicted octanol–water partition coefficient (Wildman–Crippen LogP) is 5.98. The Bertz CT molecular complexity index is 1460. The lowest BCUT2D eigenvalue weighted by molar-refractivity contribution is 0.0697. The molecule has 7 heteroatoms. The fourth-order valence-electron chi connectivity index (χ4n) is 5.30. The topological polar surface area (TPSA) is 70.4 Å². The standard InChI is InChI=1S/C29H28N4O2S/c1-17-12-18(2)14-23(13-17)33-27(26(31-29(33)36)25-10-5-6-11-30-25)24-15-19(3)32(20(24)4)22-9-7-8-21(16-22)28(34)35/h5-16,26-27H,1-4H3,(H,31,36)(H,34,35). The van der Waals surface area contributed by atoms with Crippen molar-refractivity contribution in [2.75, 3.05) is 4.90 Å². The molecule has 4 aromatic rings. The number of thiocarbonyl (C=S) groups is 1. The lowest BCUT2D eigenvalue weighted by Crippen LogP contribution is -2.29. The first kappa shape index (κ1) is 23.8. The molecule has 0 saturated carbocycles. The van der Waals surface area contributed by atoms with E-state index in [2.05, 4.69) is 64.8 Å². The summed E-state index contributed by atoms with van der Waals surface area (Å²) in [5.74, 6) is -0.943. The van der Waals surface area contributed by atoms with Gasteiger partial charge in [-0.2, -0.15) is 0 Å². The van der Waals surface area contributed by atoms with Crippen LogP contribution in [0.15, 0.2) is 72.9 Å². The van der Waals surface area contributed by atoms with E-state index in [9.17, 15) is 9.90 Å². The summed E-state index contributed by atoms with van der Waals surface area (Å²) in [5, 5.41) is 13.7. The lowest BCUT2D eigenvalue weighted by Gasteiger charge is -2.29. The molecule has 0 spiro atoms. The maximum Gasteiger partial charge on any atom is 0.335 e. The first-order chi connectivity index (χ1) is 17.2. The minimum Gasteiger partial charge on any atom is -0.478 e. The Balaban J connectivity index is 1.69. The molecule has 1 aliphatic rings. The van der Waals surface area contributed by atoms with Gasteiger partial charge in [-0.3, -0.25) is 4.98 Å². The average molecular weight is 497 g/mol. The molecule has 1 saturated heterocycles. The van der Waals surface area contributed by atoms with Crippen LogP contribution >= 0.6 is 12.2 Å². The molecule has 0 aliphatic carbocycles. The third-order valence-corrected chi connectivity index (χ3v) is 7.04. The number of aryl methyl sites for hydroxylation is 3. The van der Waals surface area contributed by atoms with Crippen LogP contribution in [0.2, 0.25) is 0 Å². The SMILES string of the molecule is Cc1cc(C)cc(N2C(=S)NC(c3ccccn3)C2c2cc(C)n(-c3cccc(C(=O)O)c3)c2C)c1. The van der Waals surface area contributed by atoms with E-state index >= 15 is 0 Å². The van der Waals surface area contributed by atoms with E-state index in [1.54, 1.807) is 24.4 Å². The highest BCUT2D eigenvalue weighted by Gasteiger charge is 2.42. The van der Waals surface area contributed by atoms with Gasteiger partial charge in [0.1, 0.15) is 0 Å². The predicted molar refractivity (Wildman–Crippen MR) is 146 cm³/mol. The second kappa shape index (κ2) is 9.24. The van der Waals surface area contributed by atoms with Crippen LogP contribution in [0.3, 0.4) is 0 Å². The lowest BCUT2D eigenvalue weighted by atomic mass is 9.96. The molecule has 3 heterocycles. The number of carboxylic acid groups (broad SMARTS) is 1. The van der Waals surface area contributed by atoms with Gasteiger partial charge in [-0.15, -0.1) is 0 Å². The van der Waals surface area contributed by atoms with Crippen LogP contribution in [0.1, 0.15) is 56.2 Å². The number of rotatable bonds is 5. The maximum absolute atomic E-state index is 11.6. The molecule has 5 rings (SSSR count). The summed E-state index contributed by atoms with van der Waals surface area (Å²) in [6.07, 6.45) is 1.80. The molecule has 6 nitrogen and oxygen atoms in total.